The molecule has 3 heteroatoms. The lowest BCUT2D eigenvalue weighted by Gasteiger charge is -2.26. The zero-order valence-corrected chi connectivity index (χ0v) is 12.9. The van der Waals surface area contributed by atoms with Gasteiger partial charge in [0, 0.05) is 31.4 Å². The fraction of sp³-hybridized carbons (Fsp3) is 0.647. The molecule has 0 saturated carbocycles. The molecule has 0 radical (unpaired) electrons. The highest BCUT2D eigenvalue weighted by molar-refractivity contribution is 5.55. The first-order valence-electron chi connectivity index (χ1n) is 8.01. The van der Waals surface area contributed by atoms with Crippen LogP contribution in [0, 0.1) is 0 Å². The highest BCUT2D eigenvalue weighted by atomic mass is 16.5. The van der Waals surface area contributed by atoms with Crippen LogP contribution in [0.15, 0.2) is 24.3 Å². The average Bonchev–Trinajstić information content (AvgIpc) is 2.65. The summed E-state index contributed by atoms with van der Waals surface area (Å²) in [6.07, 6.45) is 3.55. The molecule has 1 heterocycles. The third-order valence-electron chi connectivity index (χ3n) is 3.88. The molecule has 1 atom stereocenters. The van der Waals surface area contributed by atoms with Gasteiger partial charge in [-0.25, -0.2) is 0 Å². The van der Waals surface area contributed by atoms with Gasteiger partial charge in [0.05, 0.1) is 6.61 Å². The minimum atomic E-state index is 0.498. The van der Waals surface area contributed by atoms with Crippen molar-refractivity contribution in [3.8, 4) is 0 Å². The first-order valence-corrected chi connectivity index (χ1v) is 8.01. The molecule has 0 bridgehead atoms. The van der Waals surface area contributed by atoms with E-state index in [1.807, 2.05) is 0 Å². The number of ether oxygens (including phenoxy) is 1. The van der Waals surface area contributed by atoms with Gasteiger partial charge in [-0.15, -0.1) is 0 Å². The van der Waals surface area contributed by atoms with E-state index in [1.165, 1.54) is 24.1 Å². The summed E-state index contributed by atoms with van der Waals surface area (Å²) in [4.78, 5) is 2.49. The largest absolute Gasteiger partial charge is 0.380 e. The zero-order valence-electron chi connectivity index (χ0n) is 12.9. The second kappa shape index (κ2) is 8.28. The number of nitrogens with one attached hydrogen (secondary N) is 1. The van der Waals surface area contributed by atoms with Crippen LogP contribution in [0.5, 0.6) is 0 Å². The lowest BCUT2D eigenvalue weighted by Crippen LogP contribution is -2.28. The second-order valence-corrected chi connectivity index (χ2v) is 5.41. The molecule has 3 nitrogen and oxygen atoms in total. The lowest BCUT2D eigenvalue weighted by molar-refractivity contribution is 0.141. The van der Waals surface area contributed by atoms with Gasteiger partial charge in [-0.2, -0.15) is 0 Å². The number of hydrogen-bond donors (Lipinski definition) is 1. The Morgan fingerprint density at radius 3 is 2.90 bits per heavy atom. The van der Waals surface area contributed by atoms with Gasteiger partial charge in [-0.05, 0) is 37.4 Å². The van der Waals surface area contributed by atoms with E-state index in [-0.39, 0.29) is 0 Å². The maximum Gasteiger partial charge on any atom is 0.0641 e. The highest BCUT2D eigenvalue weighted by Crippen LogP contribution is 2.32. The standard InChI is InChI=1S/C17H28N2O/c1-3-13-20-14-12-19-11-7-9-16(18-4-2)15-8-5-6-10-17(15)19/h5-6,8,10,16,18H,3-4,7,9,11-14H2,1-2H3. The molecule has 1 aliphatic heterocycles. The van der Waals surface area contributed by atoms with Crippen LogP contribution in [0.1, 0.15) is 44.7 Å². The van der Waals surface area contributed by atoms with Crippen LogP contribution in [0.25, 0.3) is 0 Å². The minimum Gasteiger partial charge on any atom is -0.380 e. The van der Waals surface area contributed by atoms with Gasteiger partial charge in [-0.3, -0.25) is 0 Å². The van der Waals surface area contributed by atoms with E-state index in [0.717, 1.165) is 39.3 Å². The average molecular weight is 276 g/mol. The van der Waals surface area contributed by atoms with Crippen LogP contribution in [0.2, 0.25) is 0 Å². The maximum atomic E-state index is 5.66. The molecular formula is C17H28N2O. The lowest BCUT2D eigenvalue weighted by atomic mass is 10.0. The van der Waals surface area contributed by atoms with Gasteiger partial charge in [0.1, 0.15) is 0 Å². The van der Waals surface area contributed by atoms with Crippen LogP contribution in [-0.4, -0.2) is 32.8 Å². The summed E-state index contributed by atoms with van der Waals surface area (Å²) in [7, 11) is 0. The molecule has 1 aromatic rings. The summed E-state index contributed by atoms with van der Waals surface area (Å²) in [5.41, 5.74) is 2.83. The van der Waals surface area contributed by atoms with Crippen molar-refractivity contribution < 1.29 is 4.74 Å². The summed E-state index contributed by atoms with van der Waals surface area (Å²) >= 11 is 0. The van der Waals surface area contributed by atoms with Gasteiger partial charge >= 0.3 is 0 Å². The first kappa shape index (κ1) is 15.3. The number of para-hydroxylation sites is 1. The Kier molecular flexibility index (Phi) is 6.34. The van der Waals surface area contributed by atoms with E-state index >= 15 is 0 Å². The molecule has 0 amide bonds. The topological polar surface area (TPSA) is 24.5 Å². The molecule has 20 heavy (non-hydrogen) atoms. The van der Waals surface area contributed by atoms with Gasteiger partial charge in [0.2, 0.25) is 0 Å². The van der Waals surface area contributed by atoms with Crippen LogP contribution in [0.3, 0.4) is 0 Å². The van der Waals surface area contributed by atoms with Crippen LogP contribution in [-0.2, 0) is 4.74 Å². The summed E-state index contributed by atoms with van der Waals surface area (Å²) in [5, 5.41) is 3.62. The fourth-order valence-electron chi connectivity index (χ4n) is 2.94. The Morgan fingerprint density at radius 1 is 1.25 bits per heavy atom. The van der Waals surface area contributed by atoms with Gasteiger partial charge in [0.25, 0.3) is 0 Å². The molecule has 1 aromatic carbocycles. The van der Waals surface area contributed by atoms with Crippen molar-refractivity contribution in [1.29, 1.82) is 0 Å². The van der Waals surface area contributed by atoms with Crippen LogP contribution >= 0.6 is 0 Å². The summed E-state index contributed by atoms with van der Waals surface area (Å²) in [6, 6.07) is 9.32. The number of nitrogens with zero attached hydrogens (tertiary/aromatic N) is 1. The Hall–Kier alpha value is -1.06. The van der Waals surface area contributed by atoms with Crippen molar-refractivity contribution in [2.24, 2.45) is 0 Å². The highest BCUT2D eigenvalue weighted by Gasteiger charge is 2.21. The quantitative estimate of drug-likeness (QED) is 0.773. The van der Waals surface area contributed by atoms with Crippen molar-refractivity contribution in [2.75, 3.05) is 37.7 Å². The van der Waals surface area contributed by atoms with E-state index in [0.29, 0.717) is 6.04 Å². The van der Waals surface area contributed by atoms with Crippen molar-refractivity contribution >= 4 is 5.69 Å². The van der Waals surface area contributed by atoms with Crippen molar-refractivity contribution in [1.82, 2.24) is 5.32 Å². The number of rotatable bonds is 7. The number of fused-ring (bicyclic) bond motifs is 1. The third kappa shape index (κ3) is 3.97. The predicted octanol–water partition coefficient (Wildman–Crippen LogP) is 3.36. The molecule has 0 aliphatic carbocycles. The van der Waals surface area contributed by atoms with E-state index in [1.54, 1.807) is 0 Å². The fourth-order valence-corrected chi connectivity index (χ4v) is 2.94. The Labute approximate surface area is 123 Å². The van der Waals surface area contributed by atoms with Gasteiger partial charge in [-0.1, -0.05) is 32.0 Å². The van der Waals surface area contributed by atoms with Crippen molar-refractivity contribution in [3.05, 3.63) is 29.8 Å². The number of anilines is 1. The zero-order chi connectivity index (χ0) is 14.2. The third-order valence-corrected chi connectivity index (χ3v) is 3.88. The van der Waals surface area contributed by atoms with Crippen LogP contribution < -0.4 is 10.2 Å². The summed E-state index contributed by atoms with van der Waals surface area (Å²) < 4.78 is 5.66. The summed E-state index contributed by atoms with van der Waals surface area (Å²) in [6.45, 7) is 9.19. The summed E-state index contributed by atoms with van der Waals surface area (Å²) in [5.74, 6) is 0. The molecule has 112 valence electrons. The maximum absolute atomic E-state index is 5.66. The van der Waals surface area contributed by atoms with E-state index in [2.05, 4.69) is 48.3 Å². The Balaban J connectivity index is 2.07. The van der Waals surface area contributed by atoms with E-state index in [4.69, 9.17) is 4.74 Å². The van der Waals surface area contributed by atoms with Crippen LogP contribution in [0.4, 0.5) is 5.69 Å². The van der Waals surface area contributed by atoms with Gasteiger partial charge in [0.15, 0.2) is 0 Å². The van der Waals surface area contributed by atoms with E-state index in [9.17, 15) is 0 Å². The molecule has 0 aromatic heterocycles. The van der Waals surface area contributed by atoms with E-state index < -0.39 is 0 Å². The Bertz CT molecular complexity index is 394. The van der Waals surface area contributed by atoms with Crippen molar-refractivity contribution in [3.63, 3.8) is 0 Å². The molecule has 0 spiro atoms. The molecule has 1 unspecified atom stereocenters. The molecule has 0 saturated heterocycles. The number of benzene rings is 1. The molecule has 0 fully saturated rings. The number of hydrogen-bond acceptors (Lipinski definition) is 3. The van der Waals surface area contributed by atoms with Crippen molar-refractivity contribution in [2.45, 2.75) is 39.2 Å². The van der Waals surface area contributed by atoms with Gasteiger partial charge < -0.3 is 15.0 Å². The smallest absolute Gasteiger partial charge is 0.0641 e. The molecule has 1 N–H and O–H groups in total. The first-order chi connectivity index (χ1) is 9.86. The second-order valence-electron chi connectivity index (χ2n) is 5.41. The minimum absolute atomic E-state index is 0.498. The Morgan fingerprint density at radius 2 is 2.10 bits per heavy atom. The molecular weight excluding hydrogens is 248 g/mol. The molecule has 2 rings (SSSR count). The molecule has 1 aliphatic rings. The SMILES string of the molecule is CCCOCCN1CCCC(NCC)c2ccccc21. The predicted molar refractivity (Wildman–Crippen MR) is 85.4 cm³/mol. The normalized spacial score (nSPS) is 18.7. The monoisotopic (exact) mass is 276 g/mol.